The van der Waals surface area contributed by atoms with Crippen LogP contribution in [-0.4, -0.2) is 41.7 Å². The van der Waals surface area contributed by atoms with Gasteiger partial charge in [0.25, 0.3) is 0 Å². The van der Waals surface area contributed by atoms with Gasteiger partial charge in [-0.05, 0) is 33.3 Å². The van der Waals surface area contributed by atoms with Gasteiger partial charge in [0.05, 0.1) is 6.10 Å². The number of aliphatic hydroxyl groups is 1. The molecule has 1 atom stereocenters. The first-order valence-electron chi connectivity index (χ1n) is 7.21. The van der Waals surface area contributed by atoms with E-state index in [0.29, 0.717) is 18.6 Å². The van der Waals surface area contributed by atoms with Gasteiger partial charge in [-0.15, -0.1) is 0 Å². The van der Waals surface area contributed by atoms with Crippen molar-refractivity contribution in [3.63, 3.8) is 0 Å². The maximum absolute atomic E-state index is 10.0. The molecular weight excluding hydrogens is 236 g/mol. The summed E-state index contributed by atoms with van der Waals surface area (Å²) < 4.78 is 0. The van der Waals surface area contributed by atoms with E-state index in [1.165, 1.54) is 0 Å². The van der Waals surface area contributed by atoms with Crippen LogP contribution in [0.25, 0.3) is 0 Å². The van der Waals surface area contributed by atoms with Gasteiger partial charge in [0.1, 0.15) is 0 Å². The van der Waals surface area contributed by atoms with Gasteiger partial charge in [-0.1, -0.05) is 30.3 Å². The molecule has 0 saturated heterocycles. The number of nitrogens with one attached hydrogen (secondary N) is 1. The van der Waals surface area contributed by atoms with Crippen molar-refractivity contribution in [2.45, 2.75) is 45.9 Å². The molecule has 0 aliphatic carbocycles. The van der Waals surface area contributed by atoms with E-state index in [1.54, 1.807) is 0 Å². The van der Waals surface area contributed by atoms with E-state index in [4.69, 9.17) is 0 Å². The number of aliphatic hydroxyl groups excluding tert-OH is 1. The molecule has 0 radical (unpaired) electrons. The summed E-state index contributed by atoms with van der Waals surface area (Å²) in [7, 11) is 0. The summed E-state index contributed by atoms with van der Waals surface area (Å²) in [6.45, 7) is 11.4. The Hall–Kier alpha value is -0.900. The van der Waals surface area contributed by atoms with Crippen LogP contribution in [0.4, 0.5) is 0 Å². The van der Waals surface area contributed by atoms with Crippen molar-refractivity contribution < 1.29 is 5.11 Å². The molecule has 1 aromatic carbocycles. The fraction of sp³-hybridized carbons (Fsp3) is 0.625. The fourth-order valence-electron chi connectivity index (χ4n) is 2.35. The Bertz CT molecular complexity index is 330. The number of rotatable bonds is 8. The molecule has 0 amide bonds. The SMILES string of the molecule is CC(C)N(CCNCC(O)c1ccccc1)C(C)C. The lowest BCUT2D eigenvalue weighted by molar-refractivity contribution is 0.157. The van der Waals surface area contributed by atoms with E-state index in [1.807, 2.05) is 30.3 Å². The lowest BCUT2D eigenvalue weighted by Crippen LogP contribution is -2.42. The van der Waals surface area contributed by atoms with Crippen molar-refractivity contribution in [3.05, 3.63) is 35.9 Å². The number of hydrogen-bond donors (Lipinski definition) is 2. The van der Waals surface area contributed by atoms with Crippen LogP contribution in [0.3, 0.4) is 0 Å². The molecule has 1 rings (SSSR count). The maximum Gasteiger partial charge on any atom is 0.0914 e. The van der Waals surface area contributed by atoms with E-state index >= 15 is 0 Å². The first kappa shape index (κ1) is 16.2. The zero-order valence-corrected chi connectivity index (χ0v) is 12.6. The van der Waals surface area contributed by atoms with Crippen molar-refractivity contribution in [3.8, 4) is 0 Å². The third-order valence-corrected chi connectivity index (χ3v) is 3.40. The lowest BCUT2D eigenvalue weighted by atomic mass is 10.1. The molecular formula is C16H28N2O. The van der Waals surface area contributed by atoms with Gasteiger partial charge in [0.2, 0.25) is 0 Å². The molecule has 1 aromatic rings. The quantitative estimate of drug-likeness (QED) is 0.708. The molecule has 2 N–H and O–H groups in total. The average Bonchev–Trinajstić information content (AvgIpc) is 2.38. The third-order valence-electron chi connectivity index (χ3n) is 3.40. The molecule has 0 saturated carbocycles. The molecule has 108 valence electrons. The van der Waals surface area contributed by atoms with Gasteiger partial charge in [0, 0.05) is 31.7 Å². The van der Waals surface area contributed by atoms with Crippen molar-refractivity contribution in [1.82, 2.24) is 10.2 Å². The second-order valence-electron chi connectivity index (χ2n) is 5.56. The second kappa shape index (κ2) is 8.31. The fourth-order valence-corrected chi connectivity index (χ4v) is 2.35. The van der Waals surface area contributed by atoms with Crippen LogP contribution in [0.1, 0.15) is 39.4 Å². The van der Waals surface area contributed by atoms with Crippen LogP contribution in [0, 0.1) is 0 Å². The highest BCUT2D eigenvalue weighted by molar-refractivity contribution is 5.17. The third kappa shape index (κ3) is 5.72. The smallest absolute Gasteiger partial charge is 0.0914 e. The minimum atomic E-state index is -0.423. The summed E-state index contributed by atoms with van der Waals surface area (Å²) in [5.41, 5.74) is 0.972. The highest BCUT2D eigenvalue weighted by Crippen LogP contribution is 2.10. The molecule has 3 heteroatoms. The minimum absolute atomic E-state index is 0.423. The Morgan fingerprint density at radius 2 is 1.63 bits per heavy atom. The van der Waals surface area contributed by atoms with Crippen LogP contribution >= 0.6 is 0 Å². The van der Waals surface area contributed by atoms with Crippen molar-refractivity contribution in [2.24, 2.45) is 0 Å². The Morgan fingerprint density at radius 1 is 1.05 bits per heavy atom. The Kier molecular flexibility index (Phi) is 7.06. The van der Waals surface area contributed by atoms with Crippen molar-refractivity contribution in [2.75, 3.05) is 19.6 Å². The number of hydrogen-bond acceptors (Lipinski definition) is 3. The summed E-state index contributed by atoms with van der Waals surface area (Å²) in [5.74, 6) is 0. The highest BCUT2D eigenvalue weighted by Gasteiger charge is 2.12. The van der Waals surface area contributed by atoms with E-state index in [2.05, 4.69) is 37.9 Å². The summed E-state index contributed by atoms with van der Waals surface area (Å²) >= 11 is 0. The molecule has 0 fully saturated rings. The molecule has 0 aromatic heterocycles. The van der Waals surface area contributed by atoms with Crippen LogP contribution in [-0.2, 0) is 0 Å². The van der Waals surface area contributed by atoms with Gasteiger partial charge in [-0.25, -0.2) is 0 Å². The van der Waals surface area contributed by atoms with Gasteiger partial charge in [-0.2, -0.15) is 0 Å². The van der Waals surface area contributed by atoms with Crippen molar-refractivity contribution >= 4 is 0 Å². The summed E-state index contributed by atoms with van der Waals surface area (Å²) in [6.07, 6.45) is -0.423. The molecule has 0 bridgehead atoms. The van der Waals surface area contributed by atoms with Crippen LogP contribution < -0.4 is 5.32 Å². The highest BCUT2D eigenvalue weighted by atomic mass is 16.3. The van der Waals surface area contributed by atoms with E-state index < -0.39 is 6.10 Å². The predicted octanol–water partition coefficient (Wildman–Crippen LogP) is 2.43. The predicted molar refractivity (Wildman–Crippen MR) is 81.2 cm³/mol. The van der Waals surface area contributed by atoms with E-state index in [9.17, 15) is 5.11 Å². The molecule has 0 aliphatic rings. The Balaban J connectivity index is 2.27. The van der Waals surface area contributed by atoms with E-state index in [-0.39, 0.29) is 0 Å². The molecule has 3 nitrogen and oxygen atoms in total. The van der Waals surface area contributed by atoms with Gasteiger partial charge in [0.15, 0.2) is 0 Å². The normalized spacial score (nSPS) is 13.5. The first-order valence-corrected chi connectivity index (χ1v) is 7.21. The largest absolute Gasteiger partial charge is 0.387 e. The molecule has 0 spiro atoms. The topological polar surface area (TPSA) is 35.5 Å². The van der Waals surface area contributed by atoms with Gasteiger partial charge in [-0.3, -0.25) is 4.90 Å². The standard InChI is InChI=1S/C16H28N2O/c1-13(2)18(14(3)4)11-10-17-12-16(19)15-8-6-5-7-9-15/h5-9,13-14,16-17,19H,10-12H2,1-4H3. The Labute approximate surface area is 117 Å². The summed E-state index contributed by atoms with van der Waals surface area (Å²) in [5, 5.41) is 13.4. The van der Waals surface area contributed by atoms with Crippen LogP contribution in [0.5, 0.6) is 0 Å². The monoisotopic (exact) mass is 264 g/mol. The lowest BCUT2D eigenvalue weighted by Gasteiger charge is -2.30. The zero-order valence-electron chi connectivity index (χ0n) is 12.6. The Morgan fingerprint density at radius 3 is 2.16 bits per heavy atom. The van der Waals surface area contributed by atoms with Crippen LogP contribution in [0.2, 0.25) is 0 Å². The summed E-state index contributed by atoms with van der Waals surface area (Å²) in [4.78, 5) is 2.45. The second-order valence-corrected chi connectivity index (χ2v) is 5.56. The molecule has 0 aliphatic heterocycles. The van der Waals surface area contributed by atoms with Crippen LogP contribution in [0.15, 0.2) is 30.3 Å². The number of nitrogens with zero attached hydrogens (tertiary/aromatic N) is 1. The van der Waals surface area contributed by atoms with Gasteiger partial charge >= 0.3 is 0 Å². The minimum Gasteiger partial charge on any atom is -0.387 e. The average molecular weight is 264 g/mol. The van der Waals surface area contributed by atoms with Crippen molar-refractivity contribution in [1.29, 1.82) is 0 Å². The first-order chi connectivity index (χ1) is 9.02. The van der Waals surface area contributed by atoms with E-state index in [0.717, 1.165) is 18.7 Å². The maximum atomic E-state index is 10.0. The molecule has 1 unspecified atom stereocenters. The van der Waals surface area contributed by atoms with Gasteiger partial charge < -0.3 is 10.4 Å². The number of benzene rings is 1. The molecule has 0 heterocycles. The zero-order chi connectivity index (χ0) is 14.3. The summed E-state index contributed by atoms with van der Waals surface area (Å²) in [6, 6.07) is 10.9. The molecule has 19 heavy (non-hydrogen) atoms.